The zero-order valence-corrected chi connectivity index (χ0v) is 15.8. The molecule has 0 spiro atoms. The van der Waals surface area contributed by atoms with E-state index in [1.807, 2.05) is 0 Å². The second-order valence-electron chi connectivity index (χ2n) is 7.16. The molecular weight excluding hydrogens is 372 g/mol. The van der Waals surface area contributed by atoms with Gasteiger partial charge in [0.25, 0.3) is 5.91 Å². The van der Waals surface area contributed by atoms with Crippen LogP contribution in [0.15, 0.2) is 47.1 Å². The fourth-order valence-electron chi connectivity index (χ4n) is 3.81. The Morgan fingerprint density at radius 1 is 1.07 bits per heavy atom. The SMILES string of the molecule is N#Cc1cccc(N2CC(C(=O)N3CCN(C(=O)c4ccco4)CC3)CC2=O)c1. The quantitative estimate of drug-likeness (QED) is 0.788. The lowest BCUT2D eigenvalue weighted by atomic mass is 10.1. The summed E-state index contributed by atoms with van der Waals surface area (Å²) < 4.78 is 5.15. The van der Waals surface area contributed by atoms with Crippen LogP contribution in [0.25, 0.3) is 0 Å². The fraction of sp³-hybridized carbons (Fsp3) is 0.333. The third-order valence-corrected chi connectivity index (χ3v) is 5.37. The highest BCUT2D eigenvalue weighted by Gasteiger charge is 2.38. The molecule has 2 aromatic rings. The van der Waals surface area contributed by atoms with Gasteiger partial charge in [0.15, 0.2) is 5.76 Å². The van der Waals surface area contributed by atoms with E-state index in [2.05, 4.69) is 6.07 Å². The molecule has 4 rings (SSSR count). The number of nitriles is 1. The van der Waals surface area contributed by atoms with Gasteiger partial charge in [-0.05, 0) is 30.3 Å². The molecule has 1 atom stereocenters. The number of carbonyl (C=O) groups is 3. The van der Waals surface area contributed by atoms with Gasteiger partial charge in [-0.3, -0.25) is 14.4 Å². The summed E-state index contributed by atoms with van der Waals surface area (Å²) in [7, 11) is 0. The van der Waals surface area contributed by atoms with Crippen LogP contribution >= 0.6 is 0 Å². The maximum absolute atomic E-state index is 12.9. The van der Waals surface area contributed by atoms with Crippen LogP contribution in [0, 0.1) is 17.2 Å². The molecule has 3 heterocycles. The number of benzene rings is 1. The number of carbonyl (C=O) groups excluding carboxylic acids is 3. The first-order valence-corrected chi connectivity index (χ1v) is 9.49. The molecule has 1 aromatic heterocycles. The molecule has 0 bridgehead atoms. The van der Waals surface area contributed by atoms with Gasteiger partial charge in [-0.1, -0.05) is 6.07 Å². The molecule has 2 fully saturated rings. The highest BCUT2D eigenvalue weighted by Crippen LogP contribution is 2.27. The molecule has 8 nitrogen and oxygen atoms in total. The van der Waals surface area contributed by atoms with Gasteiger partial charge in [0.2, 0.25) is 11.8 Å². The van der Waals surface area contributed by atoms with Crippen molar-refractivity contribution in [2.45, 2.75) is 6.42 Å². The third-order valence-electron chi connectivity index (χ3n) is 5.37. The van der Waals surface area contributed by atoms with Gasteiger partial charge < -0.3 is 19.1 Å². The maximum Gasteiger partial charge on any atom is 0.289 e. The number of hydrogen-bond donors (Lipinski definition) is 0. The normalized spacial score (nSPS) is 19.3. The molecule has 8 heteroatoms. The number of rotatable bonds is 3. The van der Waals surface area contributed by atoms with Crippen molar-refractivity contribution in [1.29, 1.82) is 5.26 Å². The Kier molecular flexibility index (Phi) is 5.04. The van der Waals surface area contributed by atoms with E-state index in [4.69, 9.17) is 9.68 Å². The van der Waals surface area contributed by atoms with Crippen molar-refractivity contribution in [3.05, 3.63) is 54.0 Å². The lowest BCUT2D eigenvalue weighted by Crippen LogP contribution is -2.52. The average Bonchev–Trinajstić information content (AvgIpc) is 3.43. The Morgan fingerprint density at radius 3 is 2.52 bits per heavy atom. The summed E-state index contributed by atoms with van der Waals surface area (Å²) in [5.74, 6) is -0.490. The number of hydrogen-bond acceptors (Lipinski definition) is 5. The largest absolute Gasteiger partial charge is 0.459 e. The van der Waals surface area contributed by atoms with Crippen LogP contribution in [0.2, 0.25) is 0 Å². The van der Waals surface area contributed by atoms with Crippen molar-refractivity contribution in [3.63, 3.8) is 0 Å². The molecule has 29 heavy (non-hydrogen) atoms. The fourth-order valence-corrected chi connectivity index (χ4v) is 3.81. The van der Waals surface area contributed by atoms with E-state index >= 15 is 0 Å². The summed E-state index contributed by atoms with van der Waals surface area (Å²) in [6, 6.07) is 12.2. The number of anilines is 1. The minimum atomic E-state index is -0.416. The zero-order chi connectivity index (χ0) is 20.4. The highest BCUT2D eigenvalue weighted by atomic mass is 16.3. The van der Waals surface area contributed by atoms with Crippen molar-refractivity contribution in [2.24, 2.45) is 5.92 Å². The topological polar surface area (TPSA) is 97.9 Å². The van der Waals surface area contributed by atoms with Crippen molar-refractivity contribution in [3.8, 4) is 6.07 Å². The lowest BCUT2D eigenvalue weighted by molar-refractivity contribution is -0.137. The van der Waals surface area contributed by atoms with E-state index in [0.717, 1.165) is 0 Å². The molecule has 148 valence electrons. The van der Waals surface area contributed by atoms with Gasteiger partial charge in [0.1, 0.15) is 0 Å². The van der Waals surface area contributed by atoms with Gasteiger partial charge in [0, 0.05) is 44.8 Å². The Hall–Kier alpha value is -3.60. The molecule has 1 unspecified atom stereocenters. The second-order valence-corrected chi connectivity index (χ2v) is 7.16. The Morgan fingerprint density at radius 2 is 1.83 bits per heavy atom. The Labute approximate surface area is 167 Å². The minimum Gasteiger partial charge on any atom is -0.459 e. The van der Waals surface area contributed by atoms with E-state index in [1.165, 1.54) is 6.26 Å². The van der Waals surface area contributed by atoms with Crippen LogP contribution in [0.1, 0.15) is 22.5 Å². The minimum absolute atomic E-state index is 0.0672. The van der Waals surface area contributed by atoms with Crippen LogP contribution in [-0.4, -0.2) is 60.2 Å². The summed E-state index contributed by atoms with van der Waals surface area (Å²) in [6.45, 7) is 2.03. The molecule has 3 amide bonds. The van der Waals surface area contributed by atoms with E-state index < -0.39 is 5.92 Å². The Bertz CT molecular complexity index is 971. The number of piperazine rings is 1. The smallest absolute Gasteiger partial charge is 0.289 e. The predicted octanol–water partition coefficient (Wildman–Crippen LogP) is 1.49. The summed E-state index contributed by atoms with van der Waals surface area (Å²) in [5, 5.41) is 9.05. The molecule has 0 N–H and O–H groups in total. The summed E-state index contributed by atoms with van der Waals surface area (Å²) in [6.07, 6.45) is 1.61. The van der Waals surface area contributed by atoms with Crippen molar-refractivity contribution in [1.82, 2.24) is 9.80 Å². The number of furan rings is 1. The molecule has 2 aliphatic heterocycles. The molecule has 2 aliphatic rings. The van der Waals surface area contributed by atoms with Crippen LogP contribution in [0.3, 0.4) is 0 Å². The van der Waals surface area contributed by atoms with Crippen LogP contribution in [-0.2, 0) is 9.59 Å². The van der Waals surface area contributed by atoms with E-state index in [-0.39, 0.29) is 24.1 Å². The molecule has 2 saturated heterocycles. The Balaban J connectivity index is 1.36. The molecule has 0 radical (unpaired) electrons. The molecule has 0 saturated carbocycles. The monoisotopic (exact) mass is 392 g/mol. The standard InChI is InChI=1S/C21H20N4O4/c22-13-15-3-1-4-17(11-15)25-14-16(12-19(25)26)20(27)23-6-8-24(9-7-23)21(28)18-5-2-10-29-18/h1-5,10-11,16H,6-9,12,14H2. The van der Waals surface area contributed by atoms with Crippen LogP contribution in [0.5, 0.6) is 0 Å². The first-order valence-electron chi connectivity index (χ1n) is 9.49. The zero-order valence-electron chi connectivity index (χ0n) is 15.8. The third kappa shape index (κ3) is 3.72. The maximum atomic E-state index is 12.9. The second kappa shape index (κ2) is 7.80. The van der Waals surface area contributed by atoms with Gasteiger partial charge in [-0.25, -0.2) is 0 Å². The van der Waals surface area contributed by atoms with E-state index in [0.29, 0.717) is 49.7 Å². The predicted molar refractivity (Wildman–Crippen MR) is 103 cm³/mol. The summed E-state index contributed by atoms with van der Waals surface area (Å²) in [4.78, 5) is 42.7. The summed E-state index contributed by atoms with van der Waals surface area (Å²) >= 11 is 0. The van der Waals surface area contributed by atoms with Crippen molar-refractivity contribution < 1.29 is 18.8 Å². The van der Waals surface area contributed by atoms with Gasteiger partial charge in [-0.15, -0.1) is 0 Å². The number of amides is 3. The van der Waals surface area contributed by atoms with E-state index in [9.17, 15) is 14.4 Å². The van der Waals surface area contributed by atoms with E-state index in [1.54, 1.807) is 51.1 Å². The van der Waals surface area contributed by atoms with Gasteiger partial charge in [0.05, 0.1) is 23.8 Å². The summed E-state index contributed by atoms with van der Waals surface area (Å²) in [5.41, 5.74) is 1.11. The molecular formula is C21H20N4O4. The van der Waals surface area contributed by atoms with Gasteiger partial charge >= 0.3 is 0 Å². The molecule has 1 aromatic carbocycles. The highest BCUT2D eigenvalue weighted by molar-refractivity contribution is 6.00. The number of nitrogens with zero attached hydrogens (tertiary/aromatic N) is 4. The van der Waals surface area contributed by atoms with Crippen molar-refractivity contribution >= 4 is 23.4 Å². The van der Waals surface area contributed by atoms with Gasteiger partial charge in [-0.2, -0.15) is 5.26 Å². The van der Waals surface area contributed by atoms with Crippen LogP contribution in [0.4, 0.5) is 5.69 Å². The molecule has 0 aliphatic carbocycles. The average molecular weight is 392 g/mol. The van der Waals surface area contributed by atoms with Crippen LogP contribution < -0.4 is 4.90 Å². The lowest BCUT2D eigenvalue weighted by Gasteiger charge is -2.35. The van der Waals surface area contributed by atoms with Crippen molar-refractivity contribution in [2.75, 3.05) is 37.6 Å². The first-order chi connectivity index (χ1) is 14.1. The first kappa shape index (κ1) is 18.7.